The van der Waals surface area contributed by atoms with E-state index in [1.807, 2.05) is 53.1 Å². The molecule has 23 heavy (non-hydrogen) atoms. The molecule has 1 unspecified atom stereocenters. The summed E-state index contributed by atoms with van der Waals surface area (Å²) in [4.78, 5) is 13.7. The van der Waals surface area contributed by atoms with E-state index in [9.17, 15) is 4.79 Å². The fourth-order valence-corrected chi connectivity index (χ4v) is 2.53. The Balaban J connectivity index is 2.09. The van der Waals surface area contributed by atoms with Crippen molar-refractivity contribution in [1.29, 1.82) is 0 Å². The van der Waals surface area contributed by atoms with E-state index in [0.717, 1.165) is 18.4 Å². The van der Waals surface area contributed by atoms with Gasteiger partial charge in [0, 0.05) is 14.1 Å². The van der Waals surface area contributed by atoms with Gasteiger partial charge >= 0.3 is 6.09 Å². The molecule has 0 radical (unpaired) electrons. The lowest BCUT2D eigenvalue weighted by Gasteiger charge is -2.22. The molecule has 0 saturated carbocycles. The highest BCUT2D eigenvalue weighted by Gasteiger charge is 2.26. The van der Waals surface area contributed by atoms with Crippen molar-refractivity contribution in [3.63, 3.8) is 0 Å². The van der Waals surface area contributed by atoms with Crippen molar-refractivity contribution in [1.82, 2.24) is 10.2 Å². The number of fused-ring (bicyclic) bond motifs is 1. The van der Waals surface area contributed by atoms with E-state index in [1.54, 1.807) is 4.90 Å². The van der Waals surface area contributed by atoms with Crippen molar-refractivity contribution in [2.45, 2.75) is 45.3 Å². The predicted molar refractivity (Wildman–Crippen MR) is 93.8 cm³/mol. The van der Waals surface area contributed by atoms with Crippen LogP contribution in [0.3, 0.4) is 0 Å². The number of carbonyl (C=O) groups excluding carboxylic acids is 1. The number of aryl methyl sites for hydroxylation is 1. The Bertz CT molecular complexity index is 608. The fourth-order valence-electron chi connectivity index (χ4n) is 2.44. The molecule has 0 heterocycles. The molecule has 2 rings (SSSR count). The van der Waals surface area contributed by atoms with Crippen LogP contribution in [0.25, 0.3) is 0 Å². The molecule has 0 fully saturated rings. The summed E-state index contributed by atoms with van der Waals surface area (Å²) in [5.41, 5.74) is 1.78. The zero-order valence-electron chi connectivity index (χ0n) is 14.3. The summed E-state index contributed by atoms with van der Waals surface area (Å²) < 4.78 is 11.0. The van der Waals surface area contributed by atoms with Crippen LogP contribution >= 0.6 is 12.2 Å². The van der Waals surface area contributed by atoms with Crippen LogP contribution in [0, 0.1) is 0 Å². The Morgan fingerprint density at radius 3 is 2.65 bits per heavy atom. The number of rotatable bonds is 2. The number of amides is 1. The zero-order chi connectivity index (χ0) is 17.2. The van der Waals surface area contributed by atoms with Gasteiger partial charge in [0.15, 0.2) is 0 Å². The highest BCUT2D eigenvalue weighted by molar-refractivity contribution is 7.80. The van der Waals surface area contributed by atoms with E-state index < -0.39 is 11.7 Å². The van der Waals surface area contributed by atoms with Crippen LogP contribution in [-0.4, -0.2) is 35.9 Å². The molecule has 0 saturated heterocycles. The van der Waals surface area contributed by atoms with Crippen LogP contribution in [0.4, 0.5) is 4.79 Å². The molecule has 5 nitrogen and oxygen atoms in total. The van der Waals surface area contributed by atoms with Gasteiger partial charge in [-0.25, -0.2) is 4.79 Å². The molecule has 1 aliphatic rings. The Morgan fingerprint density at radius 2 is 2.04 bits per heavy atom. The van der Waals surface area contributed by atoms with Crippen LogP contribution in [0.2, 0.25) is 0 Å². The lowest BCUT2D eigenvalue weighted by atomic mass is 10.1. The van der Waals surface area contributed by atoms with Gasteiger partial charge in [0.1, 0.15) is 11.4 Å². The maximum Gasteiger partial charge on any atom is 0.408 e. The highest BCUT2D eigenvalue weighted by atomic mass is 32.1. The van der Waals surface area contributed by atoms with Gasteiger partial charge in [-0.3, -0.25) is 0 Å². The third-order valence-corrected chi connectivity index (χ3v) is 3.90. The minimum atomic E-state index is -0.506. The third-order valence-electron chi connectivity index (χ3n) is 3.46. The summed E-state index contributed by atoms with van der Waals surface area (Å²) in [6, 6.07) is 5.82. The molecule has 0 spiro atoms. The van der Waals surface area contributed by atoms with Crippen molar-refractivity contribution in [3.8, 4) is 5.75 Å². The average molecular weight is 336 g/mol. The molecule has 1 atom stereocenters. The molecule has 1 aromatic carbocycles. The van der Waals surface area contributed by atoms with Gasteiger partial charge in [0.05, 0.1) is 6.04 Å². The van der Waals surface area contributed by atoms with Gasteiger partial charge in [-0.05, 0) is 69.1 Å². The first-order chi connectivity index (χ1) is 10.7. The smallest absolute Gasteiger partial charge is 0.408 e. The Labute approximate surface area is 142 Å². The number of hydrogen-bond acceptors (Lipinski definition) is 4. The Hall–Kier alpha value is -1.82. The summed E-state index contributed by atoms with van der Waals surface area (Å²) in [6.07, 6.45) is 1.38. The normalized spacial score (nSPS) is 16.5. The second-order valence-electron chi connectivity index (χ2n) is 6.86. The van der Waals surface area contributed by atoms with Gasteiger partial charge in [-0.2, -0.15) is 0 Å². The monoisotopic (exact) mass is 336 g/mol. The summed E-state index contributed by atoms with van der Waals surface area (Å²) in [5.74, 6) is 0.681. The van der Waals surface area contributed by atoms with Crippen molar-refractivity contribution >= 4 is 23.5 Å². The Kier molecular flexibility index (Phi) is 5.14. The van der Waals surface area contributed by atoms with Crippen LogP contribution < -0.4 is 10.1 Å². The van der Waals surface area contributed by atoms with Gasteiger partial charge in [0.25, 0.3) is 5.17 Å². The zero-order valence-corrected chi connectivity index (χ0v) is 15.1. The highest BCUT2D eigenvalue weighted by Crippen LogP contribution is 2.34. The second-order valence-corrected chi connectivity index (χ2v) is 7.21. The van der Waals surface area contributed by atoms with E-state index in [1.165, 1.54) is 5.56 Å². The van der Waals surface area contributed by atoms with Gasteiger partial charge in [-0.15, -0.1) is 0 Å². The van der Waals surface area contributed by atoms with Crippen LogP contribution in [0.15, 0.2) is 18.2 Å². The van der Waals surface area contributed by atoms with Crippen molar-refractivity contribution in [2.75, 3.05) is 14.1 Å². The van der Waals surface area contributed by atoms with Crippen molar-refractivity contribution in [2.24, 2.45) is 0 Å². The number of benzene rings is 1. The van der Waals surface area contributed by atoms with E-state index in [2.05, 4.69) is 5.32 Å². The molecule has 1 aromatic rings. The molecule has 0 bridgehead atoms. The third kappa shape index (κ3) is 4.82. The number of hydrogen-bond donors (Lipinski definition) is 1. The molecular weight excluding hydrogens is 312 g/mol. The fraction of sp³-hybridized carbons (Fsp3) is 0.529. The van der Waals surface area contributed by atoms with E-state index in [-0.39, 0.29) is 6.04 Å². The first kappa shape index (κ1) is 17.5. The predicted octanol–water partition coefficient (Wildman–Crippen LogP) is 3.42. The summed E-state index contributed by atoms with van der Waals surface area (Å²) in [7, 11) is 3.67. The summed E-state index contributed by atoms with van der Waals surface area (Å²) in [6.45, 7) is 5.55. The average Bonchev–Trinajstić information content (AvgIpc) is 2.79. The first-order valence-electron chi connectivity index (χ1n) is 7.67. The van der Waals surface area contributed by atoms with E-state index >= 15 is 0 Å². The number of thiocarbonyl (C=S) groups is 1. The number of nitrogens with one attached hydrogen (secondary N) is 1. The lowest BCUT2D eigenvalue weighted by Crippen LogP contribution is -2.34. The van der Waals surface area contributed by atoms with Gasteiger partial charge in [-0.1, -0.05) is 6.07 Å². The topological polar surface area (TPSA) is 50.8 Å². The number of alkyl carbamates (subject to hydrolysis) is 1. The van der Waals surface area contributed by atoms with E-state index in [0.29, 0.717) is 10.9 Å². The molecule has 1 aliphatic carbocycles. The minimum absolute atomic E-state index is 0.0590. The van der Waals surface area contributed by atoms with Crippen LogP contribution in [-0.2, 0) is 11.2 Å². The molecule has 1 amide bonds. The summed E-state index contributed by atoms with van der Waals surface area (Å²) >= 11 is 5.16. The lowest BCUT2D eigenvalue weighted by molar-refractivity contribution is 0.0503. The maximum absolute atomic E-state index is 12.0. The SMILES string of the molecule is CN(C)C(=S)Oc1ccc2c(c1)C(NC(=O)OC(C)(C)C)CC2. The molecular formula is C17H24N2O3S. The van der Waals surface area contributed by atoms with Crippen LogP contribution in [0.5, 0.6) is 5.75 Å². The van der Waals surface area contributed by atoms with Crippen molar-refractivity contribution < 1.29 is 14.3 Å². The molecule has 6 heteroatoms. The van der Waals surface area contributed by atoms with E-state index in [4.69, 9.17) is 21.7 Å². The number of ether oxygens (including phenoxy) is 2. The molecule has 1 N–H and O–H groups in total. The number of carbonyl (C=O) groups is 1. The molecule has 0 aromatic heterocycles. The molecule has 126 valence electrons. The standard InChI is InChI=1S/C17H24N2O3S/c1-17(2,3)22-15(20)18-14-9-7-11-6-8-12(10-13(11)14)21-16(23)19(4)5/h6,8,10,14H,7,9H2,1-5H3,(H,18,20). The maximum atomic E-state index is 12.0. The first-order valence-corrected chi connectivity index (χ1v) is 8.08. The molecule has 0 aliphatic heterocycles. The van der Waals surface area contributed by atoms with Gasteiger partial charge < -0.3 is 19.7 Å². The minimum Gasteiger partial charge on any atom is -0.444 e. The van der Waals surface area contributed by atoms with Crippen molar-refractivity contribution in [3.05, 3.63) is 29.3 Å². The Morgan fingerprint density at radius 1 is 1.35 bits per heavy atom. The second kappa shape index (κ2) is 6.74. The quantitative estimate of drug-likeness (QED) is 0.839. The van der Waals surface area contributed by atoms with Gasteiger partial charge in [0.2, 0.25) is 0 Å². The largest absolute Gasteiger partial charge is 0.444 e. The van der Waals surface area contributed by atoms with Crippen LogP contribution in [0.1, 0.15) is 44.4 Å². The number of nitrogens with zero attached hydrogens (tertiary/aromatic N) is 1. The summed E-state index contributed by atoms with van der Waals surface area (Å²) in [5, 5.41) is 3.34.